The second kappa shape index (κ2) is 14.8. The third kappa shape index (κ3) is 9.43. The molecule has 0 bridgehead atoms. The van der Waals surface area contributed by atoms with Gasteiger partial charge in [-0.05, 0) is 31.9 Å². The van der Waals surface area contributed by atoms with E-state index in [1.807, 2.05) is 6.20 Å². The number of aryl methyl sites for hydroxylation is 1. The Labute approximate surface area is 208 Å². The highest BCUT2D eigenvalue weighted by atomic mass is 127. The molecule has 3 rings (SSSR count). The Bertz CT molecular complexity index is 758. The van der Waals surface area contributed by atoms with Gasteiger partial charge in [0.05, 0.1) is 6.54 Å². The summed E-state index contributed by atoms with van der Waals surface area (Å²) >= 11 is 1.76. The Balaban J connectivity index is 0.00000341. The van der Waals surface area contributed by atoms with Gasteiger partial charge in [0, 0.05) is 56.9 Å². The summed E-state index contributed by atoms with van der Waals surface area (Å²) in [6.07, 6.45) is 4.13. The fourth-order valence-electron chi connectivity index (χ4n) is 3.60. The standard InChI is InChI=1S/C23H36N6S.HI/c1-3-21-17-26-22(30-21)18-27-23(24-4-2)25-11-8-12-28-13-15-29(16-14-28)19-20-9-6-5-7-10-20;/h5-7,9-10,17H,3-4,8,11-16,18-19H2,1-2H3,(H2,24,25,27);1H. The number of benzene rings is 1. The van der Waals surface area contributed by atoms with Gasteiger partial charge in [-0.3, -0.25) is 4.90 Å². The van der Waals surface area contributed by atoms with Gasteiger partial charge in [0.2, 0.25) is 0 Å². The normalized spacial score (nSPS) is 15.5. The highest BCUT2D eigenvalue weighted by molar-refractivity contribution is 14.0. The number of aromatic nitrogens is 1. The number of nitrogens with zero attached hydrogens (tertiary/aromatic N) is 4. The van der Waals surface area contributed by atoms with Gasteiger partial charge in [-0.25, -0.2) is 9.98 Å². The lowest BCUT2D eigenvalue weighted by molar-refractivity contribution is 0.126. The fraction of sp³-hybridized carbons (Fsp3) is 0.565. The van der Waals surface area contributed by atoms with Gasteiger partial charge in [-0.1, -0.05) is 37.3 Å². The van der Waals surface area contributed by atoms with Gasteiger partial charge in [0.25, 0.3) is 0 Å². The van der Waals surface area contributed by atoms with E-state index in [1.54, 1.807) is 11.3 Å². The van der Waals surface area contributed by atoms with Crippen LogP contribution >= 0.6 is 35.3 Å². The average Bonchev–Trinajstić information content (AvgIpc) is 3.25. The number of guanidine groups is 1. The van der Waals surface area contributed by atoms with Gasteiger partial charge >= 0.3 is 0 Å². The van der Waals surface area contributed by atoms with E-state index in [4.69, 9.17) is 0 Å². The molecule has 2 aromatic rings. The van der Waals surface area contributed by atoms with Crippen molar-refractivity contribution in [2.45, 2.75) is 39.8 Å². The summed E-state index contributed by atoms with van der Waals surface area (Å²) in [5, 5.41) is 7.89. The number of piperazine rings is 1. The Hall–Kier alpha value is -1.23. The van der Waals surface area contributed by atoms with Crippen LogP contribution in [0.15, 0.2) is 41.5 Å². The van der Waals surface area contributed by atoms with Gasteiger partial charge in [0.1, 0.15) is 5.01 Å². The van der Waals surface area contributed by atoms with Crippen molar-refractivity contribution in [1.82, 2.24) is 25.4 Å². The number of rotatable bonds is 10. The van der Waals surface area contributed by atoms with Crippen molar-refractivity contribution in [3.8, 4) is 0 Å². The highest BCUT2D eigenvalue weighted by Crippen LogP contribution is 2.14. The lowest BCUT2D eigenvalue weighted by Crippen LogP contribution is -2.46. The van der Waals surface area contributed by atoms with Crippen molar-refractivity contribution >= 4 is 41.3 Å². The molecule has 0 unspecified atom stereocenters. The minimum Gasteiger partial charge on any atom is -0.357 e. The molecule has 1 aromatic carbocycles. The first kappa shape index (κ1) is 26.0. The van der Waals surface area contributed by atoms with Gasteiger partial charge in [0.15, 0.2) is 5.96 Å². The van der Waals surface area contributed by atoms with E-state index in [-0.39, 0.29) is 24.0 Å². The number of halogens is 1. The third-order valence-electron chi connectivity index (χ3n) is 5.32. The van der Waals surface area contributed by atoms with Crippen LogP contribution < -0.4 is 10.6 Å². The predicted octanol–water partition coefficient (Wildman–Crippen LogP) is 3.59. The second-order valence-corrected chi connectivity index (χ2v) is 8.85. The zero-order valence-electron chi connectivity index (χ0n) is 18.8. The maximum absolute atomic E-state index is 4.69. The summed E-state index contributed by atoms with van der Waals surface area (Å²) in [5.41, 5.74) is 1.41. The van der Waals surface area contributed by atoms with Crippen LogP contribution in [0.5, 0.6) is 0 Å². The van der Waals surface area contributed by atoms with Crippen LogP contribution in [0.4, 0.5) is 0 Å². The molecular formula is C23H37IN6S. The maximum Gasteiger partial charge on any atom is 0.191 e. The summed E-state index contributed by atoms with van der Waals surface area (Å²) in [6, 6.07) is 10.8. The minimum atomic E-state index is 0. The lowest BCUT2D eigenvalue weighted by Gasteiger charge is -2.34. The molecule has 31 heavy (non-hydrogen) atoms. The van der Waals surface area contributed by atoms with Crippen LogP contribution in [0, 0.1) is 0 Å². The maximum atomic E-state index is 4.69. The van der Waals surface area contributed by atoms with Crippen molar-refractivity contribution < 1.29 is 0 Å². The molecule has 172 valence electrons. The molecule has 2 heterocycles. The quantitative estimate of drug-likeness (QED) is 0.203. The molecule has 1 saturated heterocycles. The smallest absolute Gasteiger partial charge is 0.191 e. The number of thiazole rings is 1. The Morgan fingerprint density at radius 2 is 1.81 bits per heavy atom. The Morgan fingerprint density at radius 3 is 2.48 bits per heavy atom. The predicted molar refractivity (Wildman–Crippen MR) is 143 cm³/mol. The monoisotopic (exact) mass is 556 g/mol. The van der Waals surface area contributed by atoms with Crippen molar-refractivity contribution in [3.63, 3.8) is 0 Å². The van der Waals surface area contributed by atoms with Crippen LogP contribution in [0.25, 0.3) is 0 Å². The number of aliphatic imine (C=N–C) groups is 1. The first-order valence-electron chi connectivity index (χ1n) is 11.2. The van der Waals surface area contributed by atoms with Gasteiger partial charge in [-0.2, -0.15) is 0 Å². The molecule has 1 fully saturated rings. The zero-order chi connectivity index (χ0) is 21.0. The second-order valence-electron chi connectivity index (χ2n) is 7.65. The van der Waals surface area contributed by atoms with Crippen molar-refractivity contribution in [1.29, 1.82) is 0 Å². The summed E-state index contributed by atoms with van der Waals surface area (Å²) in [5.74, 6) is 0.887. The van der Waals surface area contributed by atoms with Gasteiger partial charge < -0.3 is 15.5 Å². The molecule has 8 heteroatoms. The van der Waals surface area contributed by atoms with E-state index in [1.165, 1.54) is 10.4 Å². The van der Waals surface area contributed by atoms with Crippen LogP contribution in [0.1, 0.15) is 35.7 Å². The van der Waals surface area contributed by atoms with E-state index < -0.39 is 0 Å². The number of hydrogen-bond acceptors (Lipinski definition) is 5. The zero-order valence-corrected chi connectivity index (χ0v) is 22.0. The first-order chi connectivity index (χ1) is 14.8. The average molecular weight is 557 g/mol. The lowest BCUT2D eigenvalue weighted by atomic mass is 10.2. The van der Waals surface area contributed by atoms with Crippen LogP contribution in [-0.4, -0.2) is 66.6 Å². The van der Waals surface area contributed by atoms with Crippen molar-refractivity contribution in [2.24, 2.45) is 4.99 Å². The fourth-order valence-corrected chi connectivity index (χ4v) is 4.38. The molecule has 0 saturated carbocycles. The van der Waals surface area contributed by atoms with Crippen LogP contribution in [0.2, 0.25) is 0 Å². The molecule has 0 aliphatic carbocycles. The van der Waals surface area contributed by atoms with E-state index in [0.717, 1.165) is 76.2 Å². The third-order valence-corrected chi connectivity index (χ3v) is 6.45. The van der Waals surface area contributed by atoms with E-state index in [9.17, 15) is 0 Å². The minimum absolute atomic E-state index is 0. The van der Waals surface area contributed by atoms with Crippen molar-refractivity contribution in [3.05, 3.63) is 52.0 Å². The molecule has 0 amide bonds. The van der Waals surface area contributed by atoms with E-state index in [0.29, 0.717) is 6.54 Å². The number of nitrogens with one attached hydrogen (secondary N) is 2. The molecule has 1 aromatic heterocycles. The van der Waals surface area contributed by atoms with Crippen LogP contribution in [0.3, 0.4) is 0 Å². The summed E-state index contributed by atoms with van der Waals surface area (Å²) in [6.45, 7) is 13.5. The molecule has 0 atom stereocenters. The SMILES string of the molecule is CCNC(=NCc1ncc(CC)s1)NCCCN1CCN(Cc2ccccc2)CC1.I. The molecule has 6 nitrogen and oxygen atoms in total. The highest BCUT2D eigenvalue weighted by Gasteiger charge is 2.16. The molecular weight excluding hydrogens is 519 g/mol. The molecule has 1 aliphatic rings. The Morgan fingerprint density at radius 1 is 1.06 bits per heavy atom. The molecule has 1 aliphatic heterocycles. The Kier molecular flexibility index (Phi) is 12.4. The van der Waals surface area contributed by atoms with Crippen molar-refractivity contribution in [2.75, 3.05) is 45.8 Å². The summed E-state index contributed by atoms with van der Waals surface area (Å²) in [7, 11) is 0. The van der Waals surface area contributed by atoms with Gasteiger partial charge in [-0.15, -0.1) is 35.3 Å². The molecule has 2 N–H and O–H groups in total. The molecule has 0 radical (unpaired) electrons. The van der Waals surface area contributed by atoms with Crippen LogP contribution in [-0.2, 0) is 19.5 Å². The first-order valence-corrected chi connectivity index (χ1v) is 12.0. The topological polar surface area (TPSA) is 55.8 Å². The van der Waals surface area contributed by atoms with E-state index in [2.05, 4.69) is 74.6 Å². The van der Waals surface area contributed by atoms with E-state index >= 15 is 0 Å². The molecule has 0 spiro atoms. The largest absolute Gasteiger partial charge is 0.357 e. The summed E-state index contributed by atoms with van der Waals surface area (Å²) in [4.78, 5) is 15.6. The number of hydrogen-bond donors (Lipinski definition) is 2. The summed E-state index contributed by atoms with van der Waals surface area (Å²) < 4.78 is 0.